The summed E-state index contributed by atoms with van der Waals surface area (Å²) in [6.07, 6.45) is 2.51. The van der Waals surface area contributed by atoms with Crippen LogP contribution in [0.2, 0.25) is 0 Å². The largest absolute Gasteiger partial charge is 0.391 e. The van der Waals surface area contributed by atoms with Crippen LogP contribution >= 0.6 is 0 Å². The first-order chi connectivity index (χ1) is 11.9. The highest BCUT2D eigenvalue weighted by Crippen LogP contribution is 2.12. The highest BCUT2D eigenvalue weighted by Gasteiger charge is 2.20. The van der Waals surface area contributed by atoms with Gasteiger partial charge in [-0.3, -0.25) is 9.48 Å². The van der Waals surface area contributed by atoms with E-state index in [0.717, 1.165) is 24.2 Å². The molecule has 1 aromatic carbocycles. The second-order valence-electron chi connectivity index (χ2n) is 7.07. The summed E-state index contributed by atoms with van der Waals surface area (Å²) in [5.41, 5.74) is 2.49. The lowest BCUT2D eigenvalue weighted by molar-refractivity contribution is 0.0851. The van der Waals surface area contributed by atoms with Gasteiger partial charge >= 0.3 is 0 Å². The maximum atomic E-state index is 12.5. The van der Waals surface area contributed by atoms with Gasteiger partial charge in [0, 0.05) is 18.7 Å². The first-order valence-corrected chi connectivity index (χ1v) is 8.93. The lowest BCUT2D eigenvalue weighted by atomic mass is 10.0. The van der Waals surface area contributed by atoms with Gasteiger partial charge in [-0.25, -0.2) is 0 Å². The predicted octanol–water partition coefficient (Wildman–Crippen LogP) is 2.96. The molecule has 2 rings (SSSR count). The number of amides is 1. The van der Waals surface area contributed by atoms with E-state index >= 15 is 0 Å². The Kier molecular flexibility index (Phi) is 6.76. The highest BCUT2D eigenvalue weighted by atomic mass is 16.3. The SMILES string of the molecule is Cc1c(C(=O)NC(C)C(O)Cc2ccccc2)cnn1CCC(C)C. The minimum atomic E-state index is -0.636. The lowest BCUT2D eigenvalue weighted by Crippen LogP contribution is -2.42. The van der Waals surface area contributed by atoms with E-state index in [4.69, 9.17) is 0 Å². The number of aliphatic hydroxyl groups is 1. The van der Waals surface area contributed by atoms with Crippen molar-refractivity contribution < 1.29 is 9.90 Å². The number of aliphatic hydroxyl groups excluding tert-OH is 1. The van der Waals surface area contributed by atoms with E-state index in [-0.39, 0.29) is 11.9 Å². The van der Waals surface area contributed by atoms with E-state index in [2.05, 4.69) is 24.3 Å². The molecule has 2 unspecified atom stereocenters. The summed E-state index contributed by atoms with van der Waals surface area (Å²) < 4.78 is 1.87. The molecule has 1 heterocycles. The number of nitrogens with one attached hydrogen (secondary N) is 1. The van der Waals surface area contributed by atoms with Gasteiger partial charge in [-0.05, 0) is 31.7 Å². The zero-order valence-corrected chi connectivity index (χ0v) is 15.6. The van der Waals surface area contributed by atoms with Crippen molar-refractivity contribution in [1.29, 1.82) is 0 Å². The number of aryl methyl sites for hydroxylation is 1. The van der Waals surface area contributed by atoms with Crippen molar-refractivity contribution in [3.63, 3.8) is 0 Å². The summed E-state index contributed by atoms with van der Waals surface area (Å²) in [7, 11) is 0. The van der Waals surface area contributed by atoms with Gasteiger partial charge in [0.2, 0.25) is 0 Å². The molecular weight excluding hydrogens is 314 g/mol. The summed E-state index contributed by atoms with van der Waals surface area (Å²) in [6, 6.07) is 9.44. The standard InChI is InChI=1S/C20H29N3O2/c1-14(2)10-11-23-16(4)18(13-21-23)20(25)22-15(3)19(24)12-17-8-6-5-7-9-17/h5-9,13-15,19,24H,10-12H2,1-4H3,(H,22,25). The average Bonchev–Trinajstić information content (AvgIpc) is 2.94. The topological polar surface area (TPSA) is 67.2 Å². The molecule has 2 N–H and O–H groups in total. The Labute approximate surface area is 150 Å². The van der Waals surface area contributed by atoms with Gasteiger partial charge in [-0.1, -0.05) is 44.2 Å². The van der Waals surface area contributed by atoms with Crippen LogP contribution in [0.1, 0.15) is 48.8 Å². The van der Waals surface area contributed by atoms with Crippen LogP contribution < -0.4 is 5.32 Å². The van der Waals surface area contributed by atoms with Crippen molar-refractivity contribution >= 4 is 5.91 Å². The minimum Gasteiger partial charge on any atom is -0.391 e. The Morgan fingerprint density at radius 3 is 2.56 bits per heavy atom. The van der Waals surface area contributed by atoms with Crippen molar-refractivity contribution in [3.8, 4) is 0 Å². The van der Waals surface area contributed by atoms with Gasteiger partial charge in [0.25, 0.3) is 5.91 Å². The normalized spacial score (nSPS) is 13.7. The van der Waals surface area contributed by atoms with Crippen molar-refractivity contribution in [1.82, 2.24) is 15.1 Å². The fraction of sp³-hybridized carbons (Fsp3) is 0.500. The van der Waals surface area contributed by atoms with Crippen molar-refractivity contribution in [3.05, 3.63) is 53.3 Å². The first kappa shape index (κ1) is 19.2. The highest BCUT2D eigenvalue weighted by molar-refractivity contribution is 5.95. The summed E-state index contributed by atoms with van der Waals surface area (Å²) in [5.74, 6) is 0.405. The Morgan fingerprint density at radius 1 is 1.24 bits per heavy atom. The molecule has 2 aromatic rings. The third-order valence-electron chi connectivity index (χ3n) is 4.49. The molecule has 0 bridgehead atoms. The second kappa shape index (κ2) is 8.81. The number of hydrogen-bond acceptors (Lipinski definition) is 3. The zero-order valence-electron chi connectivity index (χ0n) is 15.6. The molecule has 25 heavy (non-hydrogen) atoms. The van der Waals surface area contributed by atoms with E-state index in [1.165, 1.54) is 0 Å². The molecule has 5 nitrogen and oxygen atoms in total. The Bertz CT molecular complexity index is 680. The van der Waals surface area contributed by atoms with Gasteiger partial charge in [0.1, 0.15) is 0 Å². The molecule has 0 fully saturated rings. The summed E-state index contributed by atoms with van der Waals surface area (Å²) in [5, 5.41) is 17.6. The Morgan fingerprint density at radius 2 is 1.92 bits per heavy atom. The molecule has 1 amide bonds. The third-order valence-corrected chi connectivity index (χ3v) is 4.49. The van der Waals surface area contributed by atoms with Crippen molar-refractivity contribution in [2.75, 3.05) is 0 Å². The van der Waals surface area contributed by atoms with E-state index in [0.29, 0.717) is 17.9 Å². The number of carbonyl (C=O) groups excluding carboxylic acids is 1. The van der Waals surface area contributed by atoms with Crippen LogP contribution in [-0.4, -0.2) is 32.9 Å². The lowest BCUT2D eigenvalue weighted by Gasteiger charge is -2.20. The van der Waals surface area contributed by atoms with Crippen LogP contribution in [0.15, 0.2) is 36.5 Å². The number of nitrogens with zero attached hydrogens (tertiary/aromatic N) is 2. The third kappa shape index (κ3) is 5.43. The van der Waals surface area contributed by atoms with Gasteiger partial charge < -0.3 is 10.4 Å². The molecule has 0 aliphatic rings. The molecule has 0 aliphatic carbocycles. The number of carbonyl (C=O) groups is 1. The monoisotopic (exact) mass is 343 g/mol. The fourth-order valence-electron chi connectivity index (χ4n) is 2.69. The smallest absolute Gasteiger partial charge is 0.255 e. The van der Waals surface area contributed by atoms with Crippen LogP contribution in [0.4, 0.5) is 0 Å². The van der Waals surface area contributed by atoms with E-state index < -0.39 is 6.10 Å². The van der Waals surface area contributed by atoms with Crippen molar-refractivity contribution in [2.24, 2.45) is 5.92 Å². The van der Waals surface area contributed by atoms with Crippen LogP contribution in [0.5, 0.6) is 0 Å². The molecule has 1 aromatic heterocycles. The van der Waals surface area contributed by atoms with Gasteiger partial charge in [0.15, 0.2) is 0 Å². The maximum absolute atomic E-state index is 12.5. The average molecular weight is 343 g/mol. The van der Waals surface area contributed by atoms with Crippen LogP contribution in [0.25, 0.3) is 0 Å². The molecule has 2 atom stereocenters. The summed E-state index contributed by atoms with van der Waals surface area (Å²) >= 11 is 0. The molecule has 5 heteroatoms. The van der Waals surface area contributed by atoms with E-state index in [1.54, 1.807) is 6.20 Å². The van der Waals surface area contributed by atoms with Gasteiger partial charge in [0.05, 0.1) is 23.9 Å². The summed E-state index contributed by atoms with van der Waals surface area (Å²) in [4.78, 5) is 12.5. The quantitative estimate of drug-likeness (QED) is 0.774. The van der Waals surface area contributed by atoms with E-state index in [9.17, 15) is 9.90 Å². The molecule has 0 saturated carbocycles. The summed E-state index contributed by atoms with van der Waals surface area (Å²) in [6.45, 7) is 8.88. The first-order valence-electron chi connectivity index (χ1n) is 8.93. The molecule has 0 radical (unpaired) electrons. The number of aromatic nitrogens is 2. The van der Waals surface area contributed by atoms with Gasteiger partial charge in [-0.15, -0.1) is 0 Å². The van der Waals surface area contributed by atoms with Crippen LogP contribution in [-0.2, 0) is 13.0 Å². The molecule has 0 aliphatic heterocycles. The number of benzene rings is 1. The predicted molar refractivity (Wildman–Crippen MR) is 99.5 cm³/mol. The van der Waals surface area contributed by atoms with Crippen LogP contribution in [0.3, 0.4) is 0 Å². The number of hydrogen-bond donors (Lipinski definition) is 2. The molecule has 0 spiro atoms. The minimum absolute atomic E-state index is 0.187. The molecule has 136 valence electrons. The second-order valence-corrected chi connectivity index (χ2v) is 7.07. The molecular formula is C20H29N3O2. The van der Waals surface area contributed by atoms with Crippen LogP contribution in [0, 0.1) is 12.8 Å². The van der Waals surface area contributed by atoms with Crippen molar-refractivity contribution in [2.45, 2.75) is 59.2 Å². The fourth-order valence-corrected chi connectivity index (χ4v) is 2.69. The van der Waals surface area contributed by atoms with E-state index in [1.807, 2.05) is 48.9 Å². The molecule has 0 saturated heterocycles. The Balaban J connectivity index is 1.94. The maximum Gasteiger partial charge on any atom is 0.255 e. The van der Waals surface area contributed by atoms with Gasteiger partial charge in [-0.2, -0.15) is 5.10 Å². The Hall–Kier alpha value is -2.14. The number of rotatable bonds is 8. The zero-order chi connectivity index (χ0) is 18.4.